The van der Waals surface area contributed by atoms with Crippen molar-refractivity contribution in [3.05, 3.63) is 242 Å². The van der Waals surface area contributed by atoms with Crippen molar-refractivity contribution in [2.75, 3.05) is 0 Å². The van der Waals surface area contributed by atoms with E-state index in [-0.39, 0.29) is 0 Å². The molecule has 0 saturated heterocycles. The van der Waals surface area contributed by atoms with Crippen LogP contribution in [-0.4, -0.2) is 32.2 Å². The first kappa shape index (κ1) is 38.0. The first-order valence-corrected chi connectivity index (χ1v) is 23.7. The Hall–Kier alpha value is -8.70. The van der Waals surface area contributed by atoms with Gasteiger partial charge in [-0.25, -0.2) is 4.85 Å². The summed E-state index contributed by atoms with van der Waals surface area (Å²) in [6.45, 7) is 7.82. The normalized spacial score (nSPS) is 11.7. The number of benzene rings is 9. The zero-order chi connectivity index (χ0) is 43.3. The summed E-state index contributed by atoms with van der Waals surface area (Å²) in [5.41, 5.74) is 7.69. The Morgan fingerprint density at radius 2 is 0.754 bits per heavy atom. The lowest BCUT2D eigenvalue weighted by Gasteiger charge is -2.35. The van der Waals surface area contributed by atoms with Gasteiger partial charge in [0.05, 0.1) is 28.6 Å². The van der Waals surface area contributed by atoms with E-state index in [0.717, 1.165) is 49.2 Å². The Labute approximate surface area is 376 Å². The van der Waals surface area contributed by atoms with Crippen LogP contribution in [0.25, 0.3) is 82.9 Å². The predicted octanol–water partition coefficient (Wildman–Crippen LogP) is 11.3. The SMILES string of the molecule is [C-]#[N+]c1ccc2c(c1)c1ccccc1n2-c1nc(-c2cccc([Si](c3ccccc3)(c3ccccc3)c3cccc(-c4ccccc4)c3)c2)nc(-n2c3ccccc3c3ccccc32)n1. The first-order valence-electron chi connectivity index (χ1n) is 21.7. The van der Waals surface area contributed by atoms with Crippen LogP contribution in [0.4, 0.5) is 5.69 Å². The van der Waals surface area contributed by atoms with Gasteiger partial charge in [-0.2, -0.15) is 15.0 Å². The summed E-state index contributed by atoms with van der Waals surface area (Å²) in [5.74, 6) is 1.56. The Morgan fingerprint density at radius 3 is 1.29 bits per heavy atom. The number of hydrogen-bond donors (Lipinski definition) is 0. The van der Waals surface area contributed by atoms with Crippen molar-refractivity contribution in [1.82, 2.24) is 24.1 Å². The highest BCUT2D eigenvalue weighted by atomic mass is 28.3. The average Bonchev–Trinajstić information content (AvgIpc) is 3.90. The highest BCUT2D eigenvalue weighted by Crippen LogP contribution is 2.36. The molecule has 0 N–H and O–H groups in total. The van der Waals surface area contributed by atoms with Crippen molar-refractivity contribution >= 4 is 78.1 Å². The topological polar surface area (TPSA) is 52.9 Å². The van der Waals surface area contributed by atoms with E-state index in [1.54, 1.807) is 0 Å². The Morgan fingerprint density at radius 1 is 0.338 bits per heavy atom. The van der Waals surface area contributed by atoms with Crippen molar-refractivity contribution in [3.63, 3.8) is 0 Å². The van der Waals surface area contributed by atoms with Crippen LogP contribution in [0.1, 0.15) is 0 Å². The third-order valence-corrected chi connectivity index (χ3v) is 17.5. The fraction of sp³-hybridized carbons (Fsp3) is 0. The second kappa shape index (κ2) is 15.6. The standard InChI is InChI=1S/C58H38N6Si/c1-59-43-35-36-55-51(39-43)50-31-13-16-34-54(50)64(55)58-61-56(60-57(62-58)63-52-32-14-11-29-48(52)49-30-12-15-33-53(49)63)42-22-18-28-47(38-42)65(44-23-7-3-8-24-44,45-25-9-4-10-26-45)46-27-17-21-41(37-46)40-19-5-2-6-20-40/h2-39H. The highest BCUT2D eigenvalue weighted by molar-refractivity contribution is 7.20. The number of rotatable bonds is 8. The molecule has 0 unspecified atom stereocenters. The Bertz CT molecular complexity index is 3700. The van der Waals surface area contributed by atoms with E-state index in [2.05, 4.69) is 214 Å². The summed E-state index contributed by atoms with van der Waals surface area (Å²) in [4.78, 5) is 20.1. The van der Waals surface area contributed by atoms with E-state index in [4.69, 9.17) is 21.5 Å². The van der Waals surface area contributed by atoms with Gasteiger partial charge in [-0.05, 0) is 67.6 Å². The van der Waals surface area contributed by atoms with Crippen molar-refractivity contribution < 1.29 is 0 Å². The summed E-state index contributed by atoms with van der Waals surface area (Å²) in [7, 11) is -3.02. The molecular formula is C58H38N6Si. The molecular weight excluding hydrogens is 809 g/mol. The van der Waals surface area contributed by atoms with Crippen LogP contribution < -0.4 is 20.7 Å². The van der Waals surface area contributed by atoms with Crippen molar-refractivity contribution in [1.29, 1.82) is 0 Å². The van der Waals surface area contributed by atoms with Crippen LogP contribution in [-0.2, 0) is 0 Å². The lowest BCUT2D eigenvalue weighted by molar-refractivity contribution is 0.893. The molecule has 0 aliphatic rings. The van der Waals surface area contributed by atoms with E-state index >= 15 is 0 Å². The second-order valence-electron chi connectivity index (χ2n) is 16.3. The van der Waals surface area contributed by atoms with Gasteiger partial charge in [-0.3, -0.25) is 9.13 Å². The van der Waals surface area contributed by atoms with Crippen LogP contribution in [0.15, 0.2) is 231 Å². The summed E-state index contributed by atoms with van der Waals surface area (Å²) < 4.78 is 4.28. The van der Waals surface area contributed by atoms with E-state index in [1.165, 1.54) is 31.9 Å². The minimum Gasteiger partial charge on any atom is -0.278 e. The minimum absolute atomic E-state index is 0.490. The van der Waals surface area contributed by atoms with Gasteiger partial charge in [0.1, 0.15) is 0 Å². The molecule has 0 radical (unpaired) electrons. The molecule has 0 amide bonds. The molecule has 304 valence electrons. The Kier molecular flexibility index (Phi) is 9.11. The Balaban J connectivity index is 1.15. The third-order valence-electron chi connectivity index (χ3n) is 12.7. The molecule has 0 aliphatic carbocycles. The molecule has 0 saturated carbocycles. The van der Waals surface area contributed by atoms with E-state index < -0.39 is 8.07 Å². The molecule has 0 aliphatic heterocycles. The number of aromatic nitrogens is 5. The van der Waals surface area contributed by atoms with Crippen LogP contribution in [0.2, 0.25) is 0 Å². The fourth-order valence-corrected chi connectivity index (χ4v) is 14.7. The molecule has 7 heteroatoms. The molecule has 12 rings (SSSR count). The van der Waals surface area contributed by atoms with Gasteiger partial charge in [0, 0.05) is 21.7 Å². The molecule has 3 heterocycles. The van der Waals surface area contributed by atoms with Crippen LogP contribution in [0.3, 0.4) is 0 Å². The molecule has 3 aromatic heterocycles. The molecule has 65 heavy (non-hydrogen) atoms. The van der Waals surface area contributed by atoms with Gasteiger partial charge in [-0.1, -0.05) is 200 Å². The first-order chi connectivity index (χ1) is 32.2. The van der Waals surface area contributed by atoms with Crippen LogP contribution in [0, 0.1) is 6.57 Å². The van der Waals surface area contributed by atoms with Crippen LogP contribution in [0.5, 0.6) is 0 Å². The summed E-state index contributed by atoms with van der Waals surface area (Å²) in [5, 5.41) is 9.28. The summed E-state index contributed by atoms with van der Waals surface area (Å²) >= 11 is 0. The lowest BCUT2D eigenvalue weighted by Crippen LogP contribution is -2.74. The van der Waals surface area contributed by atoms with Gasteiger partial charge in [-0.15, -0.1) is 0 Å². The molecule has 0 fully saturated rings. The zero-order valence-electron chi connectivity index (χ0n) is 35.1. The maximum absolute atomic E-state index is 7.82. The number of fused-ring (bicyclic) bond motifs is 6. The monoisotopic (exact) mass is 846 g/mol. The molecule has 0 bridgehead atoms. The van der Waals surface area contributed by atoms with Gasteiger partial charge < -0.3 is 0 Å². The van der Waals surface area contributed by atoms with E-state index in [9.17, 15) is 0 Å². The number of para-hydroxylation sites is 3. The summed E-state index contributed by atoms with van der Waals surface area (Å²) in [6, 6.07) is 81.7. The maximum atomic E-state index is 7.82. The van der Waals surface area contributed by atoms with Gasteiger partial charge in [0.25, 0.3) is 0 Å². The molecule has 0 atom stereocenters. The fourth-order valence-electron chi connectivity index (χ4n) is 9.90. The quantitative estimate of drug-likeness (QED) is 0.0870. The zero-order valence-corrected chi connectivity index (χ0v) is 36.1. The average molecular weight is 847 g/mol. The largest absolute Gasteiger partial charge is 0.278 e. The summed E-state index contributed by atoms with van der Waals surface area (Å²) in [6.07, 6.45) is 0. The van der Waals surface area contributed by atoms with Gasteiger partial charge in [0.2, 0.25) is 11.9 Å². The highest BCUT2D eigenvalue weighted by Gasteiger charge is 2.42. The second-order valence-corrected chi connectivity index (χ2v) is 20.1. The molecule has 6 nitrogen and oxygen atoms in total. The molecule has 0 spiro atoms. The number of nitrogens with zero attached hydrogens (tertiary/aromatic N) is 6. The number of hydrogen-bond acceptors (Lipinski definition) is 3. The predicted molar refractivity (Wildman–Crippen MR) is 269 cm³/mol. The smallest absolute Gasteiger partial charge is 0.240 e. The van der Waals surface area contributed by atoms with E-state index in [0.29, 0.717) is 23.4 Å². The third kappa shape index (κ3) is 6.19. The van der Waals surface area contributed by atoms with Crippen molar-refractivity contribution in [2.24, 2.45) is 0 Å². The van der Waals surface area contributed by atoms with Gasteiger partial charge in [0.15, 0.2) is 19.6 Å². The molecule has 12 aromatic rings. The minimum atomic E-state index is -3.02. The van der Waals surface area contributed by atoms with Crippen molar-refractivity contribution in [2.45, 2.75) is 0 Å². The molecule has 9 aromatic carbocycles. The van der Waals surface area contributed by atoms with Crippen LogP contribution >= 0.6 is 0 Å². The van der Waals surface area contributed by atoms with Crippen molar-refractivity contribution in [3.8, 4) is 34.4 Å². The maximum Gasteiger partial charge on any atom is 0.240 e. The lowest BCUT2D eigenvalue weighted by atomic mass is 10.1. The van der Waals surface area contributed by atoms with Gasteiger partial charge >= 0.3 is 0 Å². The van der Waals surface area contributed by atoms with E-state index in [1.807, 2.05) is 30.3 Å².